The third kappa shape index (κ3) is 4.29. The van der Waals surface area contributed by atoms with Gasteiger partial charge < -0.3 is 11.1 Å². The molecule has 0 heterocycles. The molecule has 3 nitrogen and oxygen atoms in total. The molecule has 0 radical (unpaired) electrons. The summed E-state index contributed by atoms with van der Waals surface area (Å²) in [6, 6.07) is 5.21. The minimum Gasteiger partial charge on any atom is -0.330 e. The maximum atomic E-state index is 11.5. The lowest BCUT2D eigenvalue weighted by atomic mass is 10.1. The molecule has 1 amide bonds. The SMILES string of the molecule is CC(CN)C(=O)Nc1ccc(Cl)c(Br)c1.Cl. The molecule has 0 saturated heterocycles. The van der Waals surface area contributed by atoms with E-state index in [1.54, 1.807) is 25.1 Å². The summed E-state index contributed by atoms with van der Waals surface area (Å²) in [7, 11) is 0. The average molecular weight is 328 g/mol. The van der Waals surface area contributed by atoms with Crippen molar-refractivity contribution in [1.29, 1.82) is 0 Å². The van der Waals surface area contributed by atoms with E-state index in [0.29, 0.717) is 17.3 Å². The van der Waals surface area contributed by atoms with E-state index in [1.807, 2.05) is 0 Å². The molecular weight excluding hydrogens is 315 g/mol. The van der Waals surface area contributed by atoms with Crippen molar-refractivity contribution in [3.05, 3.63) is 27.7 Å². The minimum atomic E-state index is -0.195. The molecule has 1 atom stereocenters. The predicted molar refractivity (Wildman–Crippen MR) is 73.2 cm³/mol. The fourth-order valence-electron chi connectivity index (χ4n) is 0.946. The second kappa shape index (κ2) is 7.12. The summed E-state index contributed by atoms with van der Waals surface area (Å²) in [6.45, 7) is 2.11. The second-order valence-corrected chi connectivity index (χ2v) is 4.52. The van der Waals surface area contributed by atoms with Gasteiger partial charge >= 0.3 is 0 Å². The van der Waals surface area contributed by atoms with Gasteiger partial charge in [-0.2, -0.15) is 0 Å². The van der Waals surface area contributed by atoms with Crippen LogP contribution in [0.4, 0.5) is 5.69 Å². The Kier molecular flexibility index (Phi) is 6.99. The molecular formula is C10H13BrCl2N2O. The van der Waals surface area contributed by atoms with Gasteiger partial charge in [0.25, 0.3) is 0 Å². The van der Waals surface area contributed by atoms with Crippen molar-refractivity contribution in [2.75, 3.05) is 11.9 Å². The van der Waals surface area contributed by atoms with E-state index < -0.39 is 0 Å². The summed E-state index contributed by atoms with van der Waals surface area (Å²) in [5.41, 5.74) is 6.09. The van der Waals surface area contributed by atoms with Gasteiger partial charge in [0.15, 0.2) is 0 Å². The van der Waals surface area contributed by atoms with Crippen molar-refractivity contribution in [3.63, 3.8) is 0 Å². The number of rotatable bonds is 3. The molecule has 0 aliphatic rings. The van der Waals surface area contributed by atoms with E-state index in [0.717, 1.165) is 4.47 Å². The minimum absolute atomic E-state index is 0. The quantitative estimate of drug-likeness (QED) is 0.896. The van der Waals surface area contributed by atoms with Gasteiger partial charge in [-0.05, 0) is 34.1 Å². The van der Waals surface area contributed by atoms with E-state index in [-0.39, 0.29) is 24.2 Å². The average Bonchev–Trinajstić information content (AvgIpc) is 2.22. The van der Waals surface area contributed by atoms with Crippen molar-refractivity contribution < 1.29 is 4.79 Å². The molecule has 6 heteroatoms. The number of halogens is 3. The van der Waals surface area contributed by atoms with Gasteiger partial charge in [-0.1, -0.05) is 18.5 Å². The number of amides is 1. The molecule has 90 valence electrons. The summed E-state index contributed by atoms with van der Waals surface area (Å²) >= 11 is 9.11. The first-order valence-electron chi connectivity index (χ1n) is 4.50. The Morgan fingerprint density at radius 1 is 1.62 bits per heavy atom. The highest BCUT2D eigenvalue weighted by Crippen LogP contribution is 2.25. The molecule has 0 fully saturated rings. The van der Waals surface area contributed by atoms with Gasteiger partial charge in [0.1, 0.15) is 0 Å². The van der Waals surface area contributed by atoms with Crippen LogP contribution in [0.2, 0.25) is 5.02 Å². The van der Waals surface area contributed by atoms with Crippen LogP contribution in [0.15, 0.2) is 22.7 Å². The lowest BCUT2D eigenvalue weighted by Gasteiger charge is -2.10. The molecule has 1 aromatic rings. The summed E-state index contributed by atoms with van der Waals surface area (Å²) in [5.74, 6) is -0.286. The Labute approximate surface area is 114 Å². The van der Waals surface area contributed by atoms with Gasteiger partial charge in [-0.15, -0.1) is 12.4 Å². The van der Waals surface area contributed by atoms with E-state index in [1.165, 1.54) is 0 Å². The van der Waals surface area contributed by atoms with Crippen LogP contribution in [0.5, 0.6) is 0 Å². The highest BCUT2D eigenvalue weighted by molar-refractivity contribution is 9.10. The lowest BCUT2D eigenvalue weighted by molar-refractivity contribution is -0.119. The smallest absolute Gasteiger partial charge is 0.228 e. The molecule has 3 N–H and O–H groups in total. The molecule has 0 saturated carbocycles. The monoisotopic (exact) mass is 326 g/mol. The number of nitrogens with one attached hydrogen (secondary N) is 1. The van der Waals surface area contributed by atoms with Gasteiger partial charge in [0.05, 0.1) is 5.02 Å². The molecule has 1 rings (SSSR count). The zero-order valence-electron chi connectivity index (χ0n) is 8.67. The first-order chi connectivity index (χ1) is 7.04. The Morgan fingerprint density at radius 2 is 2.25 bits per heavy atom. The van der Waals surface area contributed by atoms with E-state index >= 15 is 0 Å². The van der Waals surface area contributed by atoms with Crippen LogP contribution in [0.3, 0.4) is 0 Å². The van der Waals surface area contributed by atoms with Crippen LogP contribution >= 0.6 is 39.9 Å². The normalized spacial score (nSPS) is 11.5. The molecule has 0 aliphatic heterocycles. The molecule has 0 aliphatic carbocycles. The number of anilines is 1. The van der Waals surface area contributed by atoms with E-state index in [9.17, 15) is 4.79 Å². The molecule has 1 aromatic carbocycles. The van der Waals surface area contributed by atoms with Crippen molar-refractivity contribution in [3.8, 4) is 0 Å². The highest BCUT2D eigenvalue weighted by Gasteiger charge is 2.11. The van der Waals surface area contributed by atoms with Crippen molar-refractivity contribution in [2.24, 2.45) is 11.7 Å². The maximum Gasteiger partial charge on any atom is 0.228 e. The summed E-state index contributed by atoms with van der Waals surface area (Å²) < 4.78 is 0.752. The zero-order valence-corrected chi connectivity index (χ0v) is 11.8. The topological polar surface area (TPSA) is 55.1 Å². The number of carbonyl (C=O) groups is 1. The fraction of sp³-hybridized carbons (Fsp3) is 0.300. The first-order valence-corrected chi connectivity index (χ1v) is 5.67. The van der Waals surface area contributed by atoms with Gasteiger partial charge in [0.2, 0.25) is 5.91 Å². The Hall–Kier alpha value is -0.290. The van der Waals surface area contributed by atoms with E-state index in [4.69, 9.17) is 17.3 Å². The molecule has 0 aromatic heterocycles. The van der Waals surface area contributed by atoms with Gasteiger partial charge in [-0.25, -0.2) is 0 Å². The summed E-state index contributed by atoms with van der Waals surface area (Å²) in [4.78, 5) is 11.5. The zero-order chi connectivity index (χ0) is 11.4. The first kappa shape index (κ1) is 15.7. The Morgan fingerprint density at radius 3 is 2.75 bits per heavy atom. The lowest BCUT2D eigenvalue weighted by Crippen LogP contribution is -2.26. The molecule has 16 heavy (non-hydrogen) atoms. The van der Waals surface area contributed by atoms with Crippen molar-refractivity contribution >= 4 is 51.5 Å². The van der Waals surface area contributed by atoms with Crippen LogP contribution in [-0.2, 0) is 4.79 Å². The van der Waals surface area contributed by atoms with Crippen molar-refractivity contribution in [2.45, 2.75) is 6.92 Å². The summed E-state index contributed by atoms with van der Waals surface area (Å²) in [5, 5.41) is 3.36. The standard InChI is InChI=1S/C10H12BrClN2O.ClH/c1-6(5-13)10(15)14-7-2-3-9(12)8(11)4-7;/h2-4,6H,5,13H2,1H3,(H,14,15);1H. The molecule has 0 bridgehead atoms. The van der Waals surface area contributed by atoms with E-state index in [2.05, 4.69) is 21.2 Å². The van der Waals surface area contributed by atoms with Gasteiger partial charge in [-0.3, -0.25) is 4.79 Å². The third-order valence-electron chi connectivity index (χ3n) is 1.99. The van der Waals surface area contributed by atoms with Crippen LogP contribution < -0.4 is 11.1 Å². The number of hydrogen-bond acceptors (Lipinski definition) is 2. The highest BCUT2D eigenvalue weighted by atomic mass is 79.9. The fourth-order valence-corrected chi connectivity index (χ4v) is 1.44. The molecule has 0 spiro atoms. The Balaban J connectivity index is 0.00000225. The second-order valence-electron chi connectivity index (χ2n) is 3.25. The van der Waals surface area contributed by atoms with Crippen LogP contribution in [0.1, 0.15) is 6.92 Å². The third-order valence-corrected chi connectivity index (χ3v) is 3.20. The largest absolute Gasteiger partial charge is 0.330 e. The summed E-state index contributed by atoms with van der Waals surface area (Å²) in [6.07, 6.45) is 0. The van der Waals surface area contributed by atoms with Crippen LogP contribution in [-0.4, -0.2) is 12.5 Å². The maximum absolute atomic E-state index is 11.5. The Bertz CT molecular complexity index is 374. The van der Waals surface area contributed by atoms with Crippen LogP contribution in [0.25, 0.3) is 0 Å². The number of carbonyl (C=O) groups excluding carboxylic acids is 1. The predicted octanol–water partition coefficient (Wildman–Crippen LogP) is 3.06. The number of benzene rings is 1. The van der Waals surface area contributed by atoms with Gasteiger partial charge in [0, 0.05) is 22.6 Å². The number of hydrogen-bond donors (Lipinski definition) is 2. The van der Waals surface area contributed by atoms with Crippen molar-refractivity contribution in [1.82, 2.24) is 0 Å². The van der Waals surface area contributed by atoms with Crippen LogP contribution in [0, 0.1) is 5.92 Å². The number of nitrogens with two attached hydrogens (primary N) is 1. The molecule has 1 unspecified atom stereocenters.